The third-order valence-corrected chi connectivity index (χ3v) is 5.58. The molecule has 27 heavy (non-hydrogen) atoms. The van der Waals surface area contributed by atoms with E-state index in [9.17, 15) is 27.7 Å². The number of nitro benzene ring substituents is 1. The molecule has 0 heterocycles. The zero-order valence-corrected chi connectivity index (χ0v) is 15.6. The molecule has 0 aliphatic rings. The minimum Gasteiger partial charge on any atom is -0.454 e. The second kappa shape index (κ2) is 7.80. The minimum absolute atomic E-state index is 0.180. The first-order valence-electron chi connectivity index (χ1n) is 7.71. The van der Waals surface area contributed by atoms with Crippen LogP contribution in [0.5, 0.6) is 0 Å². The van der Waals surface area contributed by atoms with Gasteiger partial charge in [0.05, 0.1) is 15.4 Å². The van der Waals surface area contributed by atoms with Gasteiger partial charge in [0.2, 0.25) is 10.0 Å². The molecule has 0 aromatic heterocycles. The molecule has 0 bridgehead atoms. The van der Waals surface area contributed by atoms with E-state index < -0.39 is 38.4 Å². The number of carbonyl (C=O) groups is 1. The van der Waals surface area contributed by atoms with Gasteiger partial charge in [-0.1, -0.05) is 12.1 Å². The summed E-state index contributed by atoms with van der Waals surface area (Å²) in [4.78, 5) is 22.3. The highest BCUT2D eigenvalue weighted by Crippen LogP contribution is 2.24. The van der Waals surface area contributed by atoms with Crippen molar-refractivity contribution in [2.45, 2.75) is 17.9 Å². The van der Waals surface area contributed by atoms with Crippen LogP contribution in [0.4, 0.5) is 10.1 Å². The fourth-order valence-corrected chi connectivity index (χ4v) is 3.14. The van der Waals surface area contributed by atoms with Crippen molar-refractivity contribution in [3.05, 3.63) is 69.5 Å². The molecule has 0 N–H and O–H groups in total. The van der Waals surface area contributed by atoms with Gasteiger partial charge < -0.3 is 4.74 Å². The molecule has 144 valence electrons. The zero-order valence-electron chi connectivity index (χ0n) is 14.7. The average molecular weight is 396 g/mol. The fraction of sp³-hybridized carbons (Fsp3) is 0.235. The van der Waals surface area contributed by atoms with E-state index in [-0.39, 0.29) is 10.6 Å². The SMILES string of the molecule is C[C@@H](OC(=O)c1cc(S(=O)(=O)N(C)C)ccc1F)c1cccc([N+](=O)[O-])c1. The Morgan fingerprint density at radius 3 is 2.48 bits per heavy atom. The first kappa shape index (κ1) is 20.5. The van der Waals surface area contributed by atoms with Crippen LogP contribution in [0.3, 0.4) is 0 Å². The number of nitrogens with zero attached hydrogens (tertiary/aromatic N) is 2. The Labute approximate surface area is 155 Å². The van der Waals surface area contributed by atoms with Crippen LogP contribution in [0.15, 0.2) is 47.4 Å². The van der Waals surface area contributed by atoms with Gasteiger partial charge in [-0.05, 0) is 30.7 Å². The summed E-state index contributed by atoms with van der Waals surface area (Å²) in [6.45, 7) is 1.47. The van der Waals surface area contributed by atoms with Crippen LogP contribution in [0.25, 0.3) is 0 Å². The lowest BCUT2D eigenvalue weighted by Crippen LogP contribution is -2.23. The van der Waals surface area contributed by atoms with E-state index in [0.29, 0.717) is 5.56 Å². The summed E-state index contributed by atoms with van der Waals surface area (Å²) < 4.78 is 44.4. The number of halogens is 1. The molecule has 0 saturated carbocycles. The second-order valence-electron chi connectivity index (χ2n) is 5.83. The molecule has 0 fully saturated rings. The van der Waals surface area contributed by atoms with Gasteiger partial charge in [-0.25, -0.2) is 21.9 Å². The lowest BCUT2D eigenvalue weighted by Gasteiger charge is -2.15. The van der Waals surface area contributed by atoms with E-state index in [2.05, 4.69) is 0 Å². The summed E-state index contributed by atoms with van der Waals surface area (Å²) in [6.07, 6.45) is -0.911. The topological polar surface area (TPSA) is 107 Å². The number of benzene rings is 2. The van der Waals surface area contributed by atoms with Gasteiger partial charge in [-0.2, -0.15) is 0 Å². The summed E-state index contributed by atoms with van der Waals surface area (Å²) >= 11 is 0. The molecule has 0 aliphatic heterocycles. The van der Waals surface area contributed by atoms with Crippen LogP contribution in [0.1, 0.15) is 28.9 Å². The average Bonchev–Trinajstić information content (AvgIpc) is 2.61. The Morgan fingerprint density at radius 1 is 1.22 bits per heavy atom. The first-order valence-corrected chi connectivity index (χ1v) is 9.15. The van der Waals surface area contributed by atoms with Crippen molar-refractivity contribution in [2.75, 3.05) is 14.1 Å². The highest BCUT2D eigenvalue weighted by molar-refractivity contribution is 7.89. The zero-order chi connectivity index (χ0) is 20.4. The minimum atomic E-state index is -3.86. The smallest absolute Gasteiger partial charge is 0.341 e. The summed E-state index contributed by atoms with van der Waals surface area (Å²) in [5.74, 6) is -2.02. The number of ether oxygens (including phenoxy) is 1. The standard InChI is InChI=1S/C17H17FN2O6S/c1-11(12-5-4-6-13(9-12)20(22)23)26-17(21)15-10-14(7-8-16(15)18)27(24,25)19(2)3/h4-11H,1-3H3/t11-/m1/s1. The van der Waals surface area contributed by atoms with E-state index in [1.54, 1.807) is 0 Å². The second-order valence-corrected chi connectivity index (χ2v) is 7.98. The van der Waals surface area contributed by atoms with E-state index >= 15 is 0 Å². The molecular weight excluding hydrogens is 379 g/mol. The highest BCUT2D eigenvalue weighted by atomic mass is 32.2. The molecule has 0 amide bonds. The summed E-state index contributed by atoms with van der Waals surface area (Å²) in [7, 11) is -1.25. The van der Waals surface area contributed by atoms with E-state index in [1.165, 1.54) is 45.3 Å². The number of esters is 1. The molecule has 2 rings (SSSR count). The number of hydrogen-bond donors (Lipinski definition) is 0. The molecule has 8 nitrogen and oxygen atoms in total. The molecular formula is C17H17FN2O6S. The van der Waals surface area contributed by atoms with Crippen LogP contribution >= 0.6 is 0 Å². The Bertz CT molecular complexity index is 991. The molecule has 2 aromatic carbocycles. The Morgan fingerprint density at radius 2 is 1.89 bits per heavy atom. The summed E-state index contributed by atoms with van der Waals surface area (Å²) in [5, 5.41) is 10.8. The van der Waals surface area contributed by atoms with Gasteiger partial charge in [0.1, 0.15) is 11.9 Å². The maximum absolute atomic E-state index is 14.0. The van der Waals surface area contributed by atoms with Crippen LogP contribution in [0.2, 0.25) is 0 Å². The van der Waals surface area contributed by atoms with Gasteiger partial charge in [0, 0.05) is 26.2 Å². The highest BCUT2D eigenvalue weighted by Gasteiger charge is 2.23. The summed E-state index contributed by atoms with van der Waals surface area (Å²) in [6, 6.07) is 8.29. The quantitative estimate of drug-likeness (QED) is 0.422. The normalized spacial score (nSPS) is 12.6. The predicted octanol–water partition coefficient (Wildman–Crippen LogP) is 2.90. The van der Waals surface area contributed by atoms with Gasteiger partial charge in [0.25, 0.3) is 5.69 Å². The fourth-order valence-electron chi connectivity index (χ4n) is 2.22. The van der Waals surface area contributed by atoms with Crippen LogP contribution < -0.4 is 0 Å². The molecule has 10 heteroatoms. The van der Waals surface area contributed by atoms with Crippen LogP contribution in [0, 0.1) is 15.9 Å². The lowest BCUT2D eigenvalue weighted by molar-refractivity contribution is -0.385. The molecule has 0 aliphatic carbocycles. The van der Waals surface area contributed by atoms with Crippen molar-refractivity contribution >= 4 is 21.7 Å². The molecule has 0 spiro atoms. The Balaban J connectivity index is 2.30. The Hall–Kier alpha value is -2.85. The van der Waals surface area contributed by atoms with Gasteiger partial charge in [-0.3, -0.25) is 10.1 Å². The van der Waals surface area contributed by atoms with Crippen LogP contribution in [-0.4, -0.2) is 37.7 Å². The van der Waals surface area contributed by atoms with Gasteiger partial charge >= 0.3 is 5.97 Å². The number of non-ortho nitro benzene ring substituents is 1. The van der Waals surface area contributed by atoms with Gasteiger partial charge in [0.15, 0.2) is 0 Å². The molecule has 1 atom stereocenters. The maximum Gasteiger partial charge on any atom is 0.341 e. The number of sulfonamides is 1. The van der Waals surface area contributed by atoms with Crippen LogP contribution in [-0.2, 0) is 14.8 Å². The molecule has 0 radical (unpaired) electrons. The molecule has 0 unspecified atom stereocenters. The lowest BCUT2D eigenvalue weighted by atomic mass is 10.1. The Kier molecular flexibility index (Phi) is 5.91. The van der Waals surface area contributed by atoms with Crippen molar-refractivity contribution in [1.29, 1.82) is 0 Å². The largest absolute Gasteiger partial charge is 0.454 e. The van der Waals surface area contributed by atoms with Gasteiger partial charge in [-0.15, -0.1) is 0 Å². The van der Waals surface area contributed by atoms with E-state index in [4.69, 9.17) is 4.74 Å². The predicted molar refractivity (Wildman–Crippen MR) is 94.2 cm³/mol. The van der Waals surface area contributed by atoms with E-state index in [0.717, 1.165) is 22.5 Å². The molecule has 0 saturated heterocycles. The van der Waals surface area contributed by atoms with Crippen molar-refractivity contribution < 1.29 is 27.3 Å². The number of hydrogen-bond acceptors (Lipinski definition) is 6. The summed E-state index contributed by atoms with van der Waals surface area (Å²) in [5.41, 5.74) is -0.383. The van der Waals surface area contributed by atoms with Crippen molar-refractivity contribution in [3.63, 3.8) is 0 Å². The maximum atomic E-state index is 14.0. The number of carbonyl (C=O) groups excluding carboxylic acids is 1. The third kappa shape index (κ3) is 4.47. The number of nitro groups is 1. The first-order chi connectivity index (χ1) is 12.5. The number of rotatable bonds is 6. The van der Waals surface area contributed by atoms with Crippen molar-refractivity contribution in [2.24, 2.45) is 0 Å². The van der Waals surface area contributed by atoms with E-state index in [1.807, 2.05) is 0 Å². The third-order valence-electron chi connectivity index (χ3n) is 3.77. The van der Waals surface area contributed by atoms with Crippen molar-refractivity contribution in [3.8, 4) is 0 Å². The van der Waals surface area contributed by atoms with Crippen molar-refractivity contribution in [1.82, 2.24) is 4.31 Å². The molecule has 2 aromatic rings. The monoisotopic (exact) mass is 396 g/mol.